The van der Waals surface area contributed by atoms with Gasteiger partial charge in [-0.15, -0.1) is 0 Å². The number of rotatable bonds is 2. The summed E-state index contributed by atoms with van der Waals surface area (Å²) >= 11 is 0. The van der Waals surface area contributed by atoms with E-state index in [1.807, 2.05) is 0 Å². The summed E-state index contributed by atoms with van der Waals surface area (Å²) in [6.45, 7) is 10.2. The van der Waals surface area contributed by atoms with Crippen molar-refractivity contribution in [2.45, 2.75) is 66.2 Å². The fraction of sp³-hybridized carbons (Fsp3) is 1.00. The monoisotopic (exact) mass is 238 g/mol. The molecule has 0 aliphatic heterocycles. The summed E-state index contributed by atoms with van der Waals surface area (Å²) in [5, 5.41) is 9.37. The summed E-state index contributed by atoms with van der Waals surface area (Å²) in [7, 11) is 0. The summed E-state index contributed by atoms with van der Waals surface area (Å²) in [5.41, 5.74) is 1.00. The molecule has 0 aromatic rings. The van der Waals surface area contributed by atoms with Gasteiger partial charge < -0.3 is 5.11 Å². The molecule has 0 heterocycles. The Morgan fingerprint density at radius 2 is 1.82 bits per heavy atom. The first-order chi connectivity index (χ1) is 7.92. The lowest BCUT2D eigenvalue weighted by Gasteiger charge is -2.59. The molecule has 2 aliphatic rings. The Morgan fingerprint density at radius 3 is 2.47 bits per heavy atom. The minimum absolute atomic E-state index is 0.373. The van der Waals surface area contributed by atoms with Crippen LogP contribution in [0.3, 0.4) is 0 Å². The van der Waals surface area contributed by atoms with Gasteiger partial charge in [-0.2, -0.15) is 0 Å². The van der Waals surface area contributed by atoms with Gasteiger partial charge in [0.15, 0.2) is 0 Å². The predicted octanol–water partition coefficient (Wildman–Crippen LogP) is 4.25. The lowest BCUT2D eigenvalue weighted by Crippen LogP contribution is -2.51. The van der Waals surface area contributed by atoms with Crippen molar-refractivity contribution in [3.63, 3.8) is 0 Å². The molecular weight excluding hydrogens is 208 g/mol. The van der Waals surface area contributed by atoms with Crippen molar-refractivity contribution in [2.24, 2.45) is 28.6 Å². The van der Waals surface area contributed by atoms with Crippen molar-refractivity contribution in [1.82, 2.24) is 0 Å². The van der Waals surface area contributed by atoms with Crippen molar-refractivity contribution in [2.75, 3.05) is 6.61 Å². The first kappa shape index (κ1) is 13.4. The van der Waals surface area contributed by atoms with Gasteiger partial charge in [-0.25, -0.2) is 0 Å². The highest BCUT2D eigenvalue weighted by molar-refractivity contribution is 5.02. The van der Waals surface area contributed by atoms with Crippen molar-refractivity contribution in [1.29, 1.82) is 0 Å². The summed E-state index contributed by atoms with van der Waals surface area (Å²) in [6.07, 6.45) is 7.96. The van der Waals surface area contributed by atoms with E-state index in [4.69, 9.17) is 0 Å². The topological polar surface area (TPSA) is 20.2 Å². The van der Waals surface area contributed by atoms with Crippen LogP contribution in [0.25, 0.3) is 0 Å². The van der Waals surface area contributed by atoms with Gasteiger partial charge in [-0.05, 0) is 54.3 Å². The van der Waals surface area contributed by atoms with E-state index in [2.05, 4.69) is 27.7 Å². The van der Waals surface area contributed by atoms with Crippen molar-refractivity contribution in [3.8, 4) is 0 Å². The maximum absolute atomic E-state index is 9.37. The van der Waals surface area contributed by atoms with E-state index in [1.165, 1.54) is 32.1 Å². The molecule has 0 aromatic carbocycles. The molecule has 0 amide bonds. The van der Waals surface area contributed by atoms with E-state index < -0.39 is 0 Å². The van der Waals surface area contributed by atoms with Crippen LogP contribution in [0.5, 0.6) is 0 Å². The lowest BCUT2D eigenvalue weighted by atomic mass is 9.46. The third-order valence-corrected chi connectivity index (χ3v) is 6.16. The second-order valence-electron chi connectivity index (χ2n) is 7.57. The largest absolute Gasteiger partial charge is 0.396 e. The average Bonchev–Trinajstić information content (AvgIpc) is 2.22. The van der Waals surface area contributed by atoms with Gasteiger partial charge in [0, 0.05) is 6.61 Å². The maximum atomic E-state index is 9.37. The second kappa shape index (κ2) is 4.57. The third kappa shape index (κ3) is 2.16. The minimum atomic E-state index is 0.373. The highest BCUT2D eigenvalue weighted by atomic mass is 16.3. The molecule has 0 spiro atoms. The van der Waals surface area contributed by atoms with Crippen LogP contribution in [0.15, 0.2) is 0 Å². The molecule has 2 unspecified atom stereocenters. The van der Waals surface area contributed by atoms with Crippen LogP contribution in [-0.2, 0) is 0 Å². The fourth-order valence-corrected chi connectivity index (χ4v) is 5.36. The Labute approximate surface area is 107 Å². The normalized spacial score (nSPS) is 45.4. The third-order valence-electron chi connectivity index (χ3n) is 6.16. The molecule has 4 atom stereocenters. The predicted molar refractivity (Wildman–Crippen MR) is 72.8 cm³/mol. The molecule has 0 saturated heterocycles. The van der Waals surface area contributed by atoms with E-state index in [0.717, 1.165) is 24.2 Å². The molecule has 1 heteroatoms. The Morgan fingerprint density at radius 1 is 1.12 bits per heavy atom. The van der Waals surface area contributed by atoms with Gasteiger partial charge in [-0.1, -0.05) is 40.5 Å². The van der Waals surface area contributed by atoms with Crippen LogP contribution < -0.4 is 0 Å². The summed E-state index contributed by atoms with van der Waals surface area (Å²) in [6, 6.07) is 0. The van der Waals surface area contributed by atoms with E-state index in [9.17, 15) is 5.11 Å². The molecule has 2 aliphatic carbocycles. The van der Waals surface area contributed by atoms with E-state index in [0.29, 0.717) is 17.4 Å². The first-order valence-corrected chi connectivity index (χ1v) is 7.52. The van der Waals surface area contributed by atoms with Gasteiger partial charge >= 0.3 is 0 Å². The standard InChI is InChI=1S/C16H30O/c1-12-6-7-14-15(2,3)9-5-10-16(14,4)13(12)8-11-17/h12-14,17H,5-11H2,1-4H3/t12?,13?,14-,16+/m0/s1. The van der Waals surface area contributed by atoms with Crippen molar-refractivity contribution >= 4 is 0 Å². The van der Waals surface area contributed by atoms with Crippen LogP contribution in [0.4, 0.5) is 0 Å². The minimum Gasteiger partial charge on any atom is -0.396 e. The molecule has 0 radical (unpaired) electrons. The zero-order chi connectivity index (χ0) is 12.7. The molecule has 1 N–H and O–H groups in total. The van der Waals surface area contributed by atoms with Crippen LogP contribution >= 0.6 is 0 Å². The molecule has 17 heavy (non-hydrogen) atoms. The number of hydrogen-bond acceptors (Lipinski definition) is 1. The zero-order valence-electron chi connectivity index (χ0n) is 12.1. The Kier molecular flexibility index (Phi) is 3.60. The summed E-state index contributed by atoms with van der Waals surface area (Å²) in [4.78, 5) is 0. The highest BCUT2D eigenvalue weighted by Gasteiger charge is 2.53. The molecule has 2 fully saturated rings. The van der Waals surface area contributed by atoms with Crippen LogP contribution in [-0.4, -0.2) is 11.7 Å². The Balaban J connectivity index is 2.28. The highest BCUT2D eigenvalue weighted by Crippen LogP contribution is 2.61. The van der Waals surface area contributed by atoms with Crippen LogP contribution in [0.1, 0.15) is 66.2 Å². The summed E-state index contributed by atoms with van der Waals surface area (Å²) < 4.78 is 0. The van der Waals surface area contributed by atoms with Gasteiger partial charge in [0.2, 0.25) is 0 Å². The maximum Gasteiger partial charge on any atom is 0.0433 e. The van der Waals surface area contributed by atoms with Gasteiger partial charge in [-0.3, -0.25) is 0 Å². The zero-order valence-corrected chi connectivity index (χ0v) is 12.1. The summed E-state index contributed by atoms with van der Waals surface area (Å²) in [5.74, 6) is 2.42. The molecule has 1 nitrogen and oxygen atoms in total. The quantitative estimate of drug-likeness (QED) is 0.762. The number of aliphatic hydroxyl groups is 1. The van der Waals surface area contributed by atoms with Crippen LogP contribution in [0, 0.1) is 28.6 Å². The number of fused-ring (bicyclic) bond motifs is 1. The Bertz CT molecular complexity index is 271. The molecule has 0 aromatic heterocycles. The van der Waals surface area contributed by atoms with E-state index >= 15 is 0 Å². The Hall–Kier alpha value is -0.0400. The first-order valence-electron chi connectivity index (χ1n) is 7.52. The fourth-order valence-electron chi connectivity index (χ4n) is 5.36. The number of hydrogen-bond donors (Lipinski definition) is 1. The van der Waals surface area contributed by atoms with Crippen molar-refractivity contribution in [3.05, 3.63) is 0 Å². The molecule has 0 bridgehead atoms. The molecular formula is C16H30O. The molecule has 2 saturated carbocycles. The second-order valence-corrected chi connectivity index (χ2v) is 7.57. The SMILES string of the molecule is CC1CC[C@H]2C(C)(C)CCC[C@]2(C)C1CCO. The van der Waals surface area contributed by atoms with Gasteiger partial charge in [0.1, 0.15) is 0 Å². The lowest BCUT2D eigenvalue weighted by molar-refractivity contribution is -0.0991. The average molecular weight is 238 g/mol. The van der Waals surface area contributed by atoms with E-state index in [1.54, 1.807) is 0 Å². The van der Waals surface area contributed by atoms with Crippen molar-refractivity contribution < 1.29 is 5.11 Å². The molecule has 2 rings (SSSR count). The van der Waals surface area contributed by atoms with Gasteiger partial charge in [0.25, 0.3) is 0 Å². The smallest absolute Gasteiger partial charge is 0.0433 e. The van der Waals surface area contributed by atoms with E-state index in [-0.39, 0.29) is 0 Å². The molecule has 100 valence electrons. The number of aliphatic hydroxyl groups excluding tert-OH is 1. The van der Waals surface area contributed by atoms with Crippen LogP contribution in [0.2, 0.25) is 0 Å². The van der Waals surface area contributed by atoms with Gasteiger partial charge in [0.05, 0.1) is 0 Å².